The maximum atomic E-state index is 12.6. The number of aryl methyl sites for hydroxylation is 2. The summed E-state index contributed by atoms with van der Waals surface area (Å²) in [7, 11) is 1.63. The van der Waals surface area contributed by atoms with Gasteiger partial charge in [-0.25, -0.2) is 9.97 Å². The predicted octanol–water partition coefficient (Wildman–Crippen LogP) is 2.93. The number of aromatic nitrogens is 2. The summed E-state index contributed by atoms with van der Waals surface area (Å²) in [5.74, 6) is 2.70. The van der Waals surface area contributed by atoms with Gasteiger partial charge in [-0.15, -0.1) is 0 Å². The SMILES string of the molecule is COc1cccc(CNC(=O)Cc2c(C)nc([C@@H]3CCN(C(=O)[C@H]4C[C@@H]4C)C3)nc2C)c1. The Bertz CT molecular complexity index is 999. The molecule has 1 aliphatic carbocycles. The second kappa shape index (κ2) is 9.27. The van der Waals surface area contributed by atoms with Gasteiger partial charge < -0.3 is 15.0 Å². The van der Waals surface area contributed by atoms with E-state index in [2.05, 4.69) is 12.2 Å². The van der Waals surface area contributed by atoms with Gasteiger partial charge in [0.1, 0.15) is 11.6 Å². The zero-order valence-electron chi connectivity index (χ0n) is 19.4. The van der Waals surface area contributed by atoms with Crippen molar-refractivity contribution in [1.82, 2.24) is 20.2 Å². The third-order valence-corrected chi connectivity index (χ3v) is 6.69. The minimum absolute atomic E-state index is 0.0634. The second-order valence-corrected chi connectivity index (χ2v) is 9.13. The Labute approximate surface area is 189 Å². The van der Waals surface area contributed by atoms with Crippen LogP contribution < -0.4 is 10.1 Å². The monoisotopic (exact) mass is 436 g/mol. The molecule has 1 aromatic carbocycles. The first-order valence-electron chi connectivity index (χ1n) is 11.4. The van der Waals surface area contributed by atoms with Gasteiger partial charge in [-0.1, -0.05) is 19.1 Å². The summed E-state index contributed by atoms with van der Waals surface area (Å²) in [6, 6.07) is 7.65. The Balaban J connectivity index is 1.36. The van der Waals surface area contributed by atoms with E-state index in [1.54, 1.807) is 7.11 Å². The highest BCUT2D eigenvalue weighted by Gasteiger charge is 2.43. The molecule has 2 heterocycles. The fourth-order valence-corrected chi connectivity index (χ4v) is 4.48. The van der Waals surface area contributed by atoms with Gasteiger partial charge in [-0.05, 0) is 50.3 Å². The number of rotatable bonds is 7. The van der Waals surface area contributed by atoms with Gasteiger partial charge in [-0.2, -0.15) is 0 Å². The number of nitrogens with zero attached hydrogens (tertiary/aromatic N) is 3. The number of benzene rings is 1. The van der Waals surface area contributed by atoms with E-state index in [-0.39, 0.29) is 30.1 Å². The van der Waals surface area contributed by atoms with E-state index in [4.69, 9.17) is 14.7 Å². The molecule has 0 spiro atoms. The number of amides is 2. The van der Waals surface area contributed by atoms with Crippen LogP contribution in [0.25, 0.3) is 0 Å². The molecule has 0 radical (unpaired) electrons. The molecular formula is C25H32N4O3. The third-order valence-electron chi connectivity index (χ3n) is 6.69. The fourth-order valence-electron chi connectivity index (χ4n) is 4.48. The van der Waals surface area contributed by atoms with Gasteiger partial charge in [0.25, 0.3) is 0 Å². The summed E-state index contributed by atoms with van der Waals surface area (Å²) < 4.78 is 5.23. The number of carbonyl (C=O) groups excluding carboxylic acids is 2. The predicted molar refractivity (Wildman–Crippen MR) is 121 cm³/mol. The quantitative estimate of drug-likeness (QED) is 0.721. The largest absolute Gasteiger partial charge is 0.497 e. The zero-order valence-corrected chi connectivity index (χ0v) is 19.4. The van der Waals surface area contributed by atoms with Crippen molar-refractivity contribution in [3.63, 3.8) is 0 Å². The molecule has 1 aromatic heterocycles. The van der Waals surface area contributed by atoms with Crippen molar-refractivity contribution < 1.29 is 14.3 Å². The van der Waals surface area contributed by atoms with Crippen LogP contribution in [-0.2, 0) is 22.6 Å². The summed E-state index contributed by atoms with van der Waals surface area (Å²) in [5, 5.41) is 2.97. The van der Waals surface area contributed by atoms with Gasteiger partial charge in [0.2, 0.25) is 11.8 Å². The Hall–Kier alpha value is -2.96. The van der Waals surface area contributed by atoms with Crippen LogP contribution in [0.5, 0.6) is 5.75 Å². The third kappa shape index (κ3) is 4.92. The lowest BCUT2D eigenvalue weighted by Gasteiger charge is -2.17. The maximum Gasteiger partial charge on any atom is 0.225 e. The minimum atomic E-state index is -0.0634. The molecule has 7 nitrogen and oxygen atoms in total. The molecule has 1 aliphatic heterocycles. The Morgan fingerprint density at radius 1 is 1.22 bits per heavy atom. The first-order chi connectivity index (χ1) is 15.4. The van der Waals surface area contributed by atoms with Gasteiger partial charge in [-0.3, -0.25) is 9.59 Å². The molecule has 7 heteroatoms. The highest BCUT2D eigenvalue weighted by atomic mass is 16.5. The lowest BCUT2D eigenvalue weighted by molar-refractivity contribution is -0.131. The number of hydrogen-bond acceptors (Lipinski definition) is 5. The number of ether oxygens (including phenoxy) is 1. The van der Waals surface area contributed by atoms with E-state index in [0.717, 1.165) is 53.5 Å². The molecular weight excluding hydrogens is 404 g/mol. The molecule has 1 saturated carbocycles. The van der Waals surface area contributed by atoms with Crippen molar-refractivity contribution in [1.29, 1.82) is 0 Å². The molecule has 1 saturated heterocycles. The van der Waals surface area contributed by atoms with E-state index in [0.29, 0.717) is 19.0 Å². The van der Waals surface area contributed by atoms with Crippen molar-refractivity contribution in [2.75, 3.05) is 20.2 Å². The molecule has 1 N–H and O–H groups in total. The average molecular weight is 437 g/mol. The molecule has 2 aromatic rings. The van der Waals surface area contributed by atoms with Gasteiger partial charge >= 0.3 is 0 Å². The summed E-state index contributed by atoms with van der Waals surface area (Å²) in [4.78, 5) is 36.5. The van der Waals surface area contributed by atoms with Gasteiger partial charge in [0.15, 0.2) is 0 Å². The van der Waals surface area contributed by atoms with E-state index in [1.807, 2.05) is 43.0 Å². The normalized spacial score (nSPS) is 22.0. The van der Waals surface area contributed by atoms with Crippen LogP contribution in [0.3, 0.4) is 0 Å². The lowest BCUT2D eigenvalue weighted by Crippen LogP contribution is -2.30. The van der Waals surface area contributed by atoms with E-state index in [9.17, 15) is 9.59 Å². The molecule has 3 atom stereocenters. The highest BCUT2D eigenvalue weighted by Crippen LogP contribution is 2.40. The van der Waals surface area contributed by atoms with Crippen molar-refractivity contribution in [2.45, 2.75) is 52.5 Å². The molecule has 0 bridgehead atoms. The van der Waals surface area contributed by atoms with Crippen LogP contribution in [0.15, 0.2) is 24.3 Å². The fraction of sp³-hybridized carbons (Fsp3) is 0.520. The smallest absolute Gasteiger partial charge is 0.225 e. The van der Waals surface area contributed by atoms with Crippen LogP contribution >= 0.6 is 0 Å². The van der Waals surface area contributed by atoms with Crippen molar-refractivity contribution in [3.05, 3.63) is 52.6 Å². The molecule has 2 amide bonds. The standard InChI is InChI=1S/C25H32N4O3/c1-15-10-21(15)25(31)29-9-8-19(14-29)24-27-16(2)22(17(3)28-24)12-23(30)26-13-18-6-5-7-20(11-18)32-4/h5-7,11,15,19,21H,8-10,12-14H2,1-4H3,(H,26,30)/t15-,19+,21-/m0/s1. The maximum absolute atomic E-state index is 12.6. The van der Waals surface area contributed by atoms with Crippen molar-refractivity contribution >= 4 is 11.8 Å². The summed E-state index contributed by atoms with van der Waals surface area (Å²) in [6.45, 7) is 7.93. The topological polar surface area (TPSA) is 84.4 Å². The number of carbonyl (C=O) groups is 2. The number of nitrogens with one attached hydrogen (secondary N) is 1. The molecule has 4 rings (SSSR count). The van der Waals surface area contributed by atoms with Crippen LogP contribution in [0.2, 0.25) is 0 Å². The molecule has 32 heavy (non-hydrogen) atoms. The minimum Gasteiger partial charge on any atom is -0.497 e. The van der Waals surface area contributed by atoms with E-state index >= 15 is 0 Å². The molecule has 0 unspecified atom stereocenters. The van der Waals surface area contributed by atoms with Gasteiger partial charge in [0.05, 0.1) is 13.5 Å². The van der Waals surface area contributed by atoms with Crippen LogP contribution in [0.1, 0.15) is 54.0 Å². The van der Waals surface area contributed by atoms with Crippen LogP contribution in [0, 0.1) is 25.7 Å². The second-order valence-electron chi connectivity index (χ2n) is 9.13. The summed E-state index contributed by atoms with van der Waals surface area (Å²) in [5.41, 5.74) is 3.53. The summed E-state index contributed by atoms with van der Waals surface area (Å²) >= 11 is 0. The Kier molecular flexibility index (Phi) is 6.44. The zero-order chi connectivity index (χ0) is 22.8. The molecule has 2 aliphatic rings. The number of likely N-dealkylation sites (tertiary alicyclic amines) is 1. The Morgan fingerprint density at radius 2 is 1.94 bits per heavy atom. The number of methoxy groups -OCH3 is 1. The van der Waals surface area contributed by atoms with Crippen molar-refractivity contribution in [2.24, 2.45) is 11.8 Å². The average Bonchev–Trinajstić information content (AvgIpc) is 3.31. The Morgan fingerprint density at radius 3 is 2.59 bits per heavy atom. The van der Waals surface area contributed by atoms with Gasteiger partial charge in [0, 0.05) is 48.4 Å². The van der Waals surface area contributed by atoms with Crippen LogP contribution in [-0.4, -0.2) is 46.9 Å². The number of hydrogen-bond donors (Lipinski definition) is 1. The highest BCUT2D eigenvalue weighted by molar-refractivity contribution is 5.82. The molecule has 2 fully saturated rings. The summed E-state index contributed by atoms with van der Waals surface area (Å²) in [6.07, 6.45) is 2.16. The first kappa shape index (κ1) is 22.2. The van der Waals surface area contributed by atoms with E-state index in [1.165, 1.54) is 0 Å². The first-order valence-corrected chi connectivity index (χ1v) is 11.4. The molecule has 170 valence electrons. The van der Waals surface area contributed by atoms with Crippen LogP contribution in [0.4, 0.5) is 0 Å². The van der Waals surface area contributed by atoms with E-state index < -0.39 is 0 Å². The lowest BCUT2D eigenvalue weighted by atomic mass is 10.0. The van der Waals surface area contributed by atoms with Crippen molar-refractivity contribution in [3.8, 4) is 5.75 Å².